The third-order valence-corrected chi connectivity index (χ3v) is 4.95. The van der Waals surface area contributed by atoms with Gasteiger partial charge >= 0.3 is 11.9 Å². The fourth-order valence-electron chi connectivity index (χ4n) is 3.71. The molecule has 1 atom stereocenters. The summed E-state index contributed by atoms with van der Waals surface area (Å²) >= 11 is 0. The van der Waals surface area contributed by atoms with Crippen LogP contribution < -0.4 is 16.4 Å². The molecule has 0 saturated heterocycles. The number of benzene rings is 2. The van der Waals surface area contributed by atoms with Crippen LogP contribution in [0.25, 0.3) is 0 Å². The van der Waals surface area contributed by atoms with Gasteiger partial charge in [-0.05, 0) is 31.5 Å². The minimum Gasteiger partial charge on any atom is -0.463 e. The Kier molecular flexibility index (Phi) is 6.94. The molecule has 0 spiro atoms. The smallest absolute Gasteiger partial charge is 0.355 e. The third kappa shape index (κ3) is 4.20. The van der Waals surface area contributed by atoms with Gasteiger partial charge in [0.05, 0.1) is 30.3 Å². The normalized spacial score (nSPS) is 16.1. The SMILES string of the molecule is CCOC(=O)C1=C(C(=O)OCC)N(c2ccccc2)C(N)=C(C(N)=O)C1c1ccccc1. The maximum atomic E-state index is 13.2. The van der Waals surface area contributed by atoms with Crippen LogP contribution in [0.1, 0.15) is 25.3 Å². The fourth-order valence-corrected chi connectivity index (χ4v) is 3.71. The van der Waals surface area contributed by atoms with E-state index in [1.165, 1.54) is 4.90 Å². The zero-order valence-corrected chi connectivity index (χ0v) is 17.9. The topological polar surface area (TPSA) is 125 Å². The molecule has 4 N–H and O–H groups in total. The monoisotopic (exact) mass is 435 g/mol. The van der Waals surface area contributed by atoms with Gasteiger partial charge in [-0.2, -0.15) is 0 Å². The summed E-state index contributed by atoms with van der Waals surface area (Å²) < 4.78 is 10.6. The molecule has 0 fully saturated rings. The molecule has 1 aliphatic rings. The molecule has 1 amide bonds. The number of esters is 2. The first-order chi connectivity index (χ1) is 15.4. The zero-order chi connectivity index (χ0) is 23.3. The number of para-hydroxylation sites is 1. The quantitative estimate of drug-likeness (QED) is 0.640. The third-order valence-electron chi connectivity index (χ3n) is 4.95. The first kappa shape index (κ1) is 22.6. The van der Waals surface area contributed by atoms with Crippen molar-refractivity contribution in [2.24, 2.45) is 11.5 Å². The summed E-state index contributed by atoms with van der Waals surface area (Å²) in [6, 6.07) is 17.4. The van der Waals surface area contributed by atoms with Gasteiger partial charge in [0.15, 0.2) is 0 Å². The lowest BCUT2D eigenvalue weighted by atomic mass is 9.80. The zero-order valence-electron chi connectivity index (χ0n) is 17.9. The van der Waals surface area contributed by atoms with Crippen molar-refractivity contribution in [3.63, 3.8) is 0 Å². The number of primary amides is 1. The Morgan fingerprint density at radius 2 is 1.38 bits per heavy atom. The average Bonchev–Trinajstić information content (AvgIpc) is 2.79. The number of carbonyl (C=O) groups excluding carboxylic acids is 3. The summed E-state index contributed by atoms with van der Waals surface area (Å²) in [7, 11) is 0. The molecule has 1 heterocycles. The van der Waals surface area contributed by atoms with Gasteiger partial charge in [-0.25, -0.2) is 9.59 Å². The van der Waals surface area contributed by atoms with Gasteiger partial charge in [0, 0.05) is 5.69 Å². The van der Waals surface area contributed by atoms with Crippen molar-refractivity contribution in [1.82, 2.24) is 0 Å². The van der Waals surface area contributed by atoms with Crippen molar-refractivity contribution < 1.29 is 23.9 Å². The van der Waals surface area contributed by atoms with Crippen LogP contribution in [0.2, 0.25) is 0 Å². The summed E-state index contributed by atoms with van der Waals surface area (Å²) in [5, 5.41) is 0. The maximum Gasteiger partial charge on any atom is 0.355 e. The number of nitrogens with two attached hydrogens (primary N) is 2. The van der Waals surface area contributed by atoms with Crippen LogP contribution in [0.4, 0.5) is 5.69 Å². The molecular formula is C24H25N3O5. The number of anilines is 1. The molecule has 0 aromatic heterocycles. The van der Waals surface area contributed by atoms with Crippen molar-refractivity contribution in [3.8, 4) is 0 Å². The van der Waals surface area contributed by atoms with E-state index in [0.717, 1.165) is 0 Å². The van der Waals surface area contributed by atoms with E-state index in [1.807, 2.05) is 0 Å². The van der Waals surface area contributed by atoms with E-state index in [-0.39, 0.29) is 35.9 Å². The van der Waals surface area contributed by atoms with Crippen molar-refractivity contribution in [1.29, 1.82) is 0 Å². The minimum absolute atomic E-state index is 0.0174. The van der Waals surface area contributed by atoms with E-state index in [2.05, 4.69) is 0 Å². The van der Waals surface area contributed by atoms with Gasteiger partial charge in [0.25, 0.3) is 0 Å². The number of hydrogen-bond donors (Lipinski definition) is 2. The molecule has 32 heavy (non-hydrogen) atoms. The van der Waals surface area contributed by atoms with Crippen LogP contribution in [0.3, 0.4) is 0 Å². The molecule has 3 rings (SSSR count). The predicted molar refractivity (Wildman–Crippen MR) is 119 cm³/mol. The lowest BCUT2D eigenvalue weighted by molar-refractivity contribution is -0.142. The summed E-state index contributed by atoms with van der Waals surface area (Å²) in [4.78, 5) is 40.3. The number of carbonyl (C=O) groups is 3. The highest BCUT2D eigenvalue weighted by molar-refractivity contribution is 6.10. The van der Waals surface area contributed by atoms with Crippen LogP contribution in [0.5, 0.6) is 0 Å². The molecule has 0 aliphatic carbocycles. The average molecular weight is 435 g/mol. The van der Waals surface area contributed by atoms with Gasteiger partial charge in [-0.3, -0.25) is 9.69 Å². The molecule has 1 aliphatic heterocycles. The van der Waals surface area contributed by atoms with Crippen LogP contribution >= 0.6 is 0 Å². The molecule has 0 radical (unpaired) electrons. The lowest BCUT2D eigenvalue weighted by Crippen LogP contribution is -2.43. The molecule has 8 heteroatoms. The molecule has 2 aromatic carbocycles. The Bertz CT molecular complexity index is 1080. The van der Waals surface area contributed by atoms with E-state index in [0.29, 0.717) is 11.3 Å². The van der Waals surface area contributed by atoms with E-state index in [1.54, 1.807) is 74.5 Å². The lowest BCUT2D eigenvalue weighted by Gasteiger charge is -2.37. The van der Waals surface area contributed by atoms with E-state index in [4.69, 9.17) is 20.9 Å². The number of amides is 1. The summed E-state index contributed by atoms with van der Waals surface area (Å²) in [6.07, 6.45) is 0. The van der Waals surface area contributed by atoms with Crippen molar-refractivity contribution in [2.75, 3.05) is 18.1 Å². The van der Waals surface area contributed by atoms with E-state index < -0.39 is 23.8 Å². The molecule has 0 saturated carbocycles. The number of hydrogen-bond acceptors (Lipinski definition) is 7. The highest BCUT2D eigenvalue weighted by Gasteiger charge is 2.44. The Labute approximate surface area is 186 Å². The molecule has 1 unspecified atom stereocenters. The minimum atomic E-state index is -1.01. The molecule has 2 aromatic rings. The summed E-state index contributed by atoms with van der Waals surface area (Å²) in [5.74, 6) is -3.42. The molecule has 8 nitrogen and oxygen atoms in total. The highest BCUT2D eigenvalue weighted by Crippen LogP contribution is 2.43. The molecular weight excluding hydrogens is 410 g/mol. The second-order valence-electron chi connectivity index (χ2n) is 6.88. The number of rotatable bonds is 7. The first-order valence-corrected chi connectivity index (χ1v) is 10.2. The second-order valence-corrected chi connectivity index (χ2v) is 6.88. The Hall–Kier alpha value is -4.07. The highest BCUT2D eigenvalue weighted by atomic mass is 16.5. The van der Waals surface area contributed by atoms with E-state index in [9.17, 15) is 14.4 Å². The fraction of sp³-hybridized carbons (Fsp3) is 0.208. The van der Waals surface area contributed by atoms with Gasteiger partial charge < -0.3 is 20.9 Å². The van der Waals surface area contributed by atoms with Crippen molar-refractivity contribution >= 4 is 23.5 Å². The molecule has 0 bridgehead atoms. The van der Waals surface area contributed by atoms with Crippen molar-refractivity contribution in [2.45, 2.75) is 19.8 Å². The van der Waals surface area contributed by atoms with Crippen molar-refractivity contribution in [3.05, 3.63) is 88.9 Å². The summed E-state index contributed by atoms with van der Waals surface area (Å²) in [5.41, 5.74) is 13.0. The number of ether oxygens (including phenoxy) is 2. The Morgan fingerprint density at radius 1 is 0.844 bits per heavy atom. The van der Waals surface area contributed by atoms with Crippen LogP contribution in [-0.2, 0) is 23.9 Å². The maximum absolute atomic E-state index is 13.2. The van der Waals surface area contributed by atoms with Gasteiger partial charge in [0.1, 0.15) is 11.5 Å². The number of nitrogens with zero attached hydrogens (tertiary/aromatic N) is 1. The molecule has 166 valence electrons. The van der Waals surface area contributed by atoms with Crippen LogP contribution in [0, 0.1) is 0 Å². The van der Waals surface area contributed by atoms with Gasteiger partial charge in [-0.15, -0.1) is 0 Å². The first-order valence-electron chi connectivity index (χ1n) is 10.2. The van der Waals surface area contributed by atoms with Crippen LogP contribution in [-0.4, -0.2) is 31.1 Å². The van der Waals surface area contributed by atoms with Gasteiger partial charge in [-0.1, -0.05) is 48.5 Å². The van der Waals surface area contributed by atoms with E-state index >= 15 is 0 Å². The predicted octanol–water partition coefficient (Wildman–Crippen LogP) is 2.33. The van der Waals surface area contributed by atoms with Gasteiger partial charge in [0.2, 0.25) is 5.91 Å². The Balaban J connectivity index is 2.42. The standard InChI is InChI=1S/C24H25N3O5/c1-3-31-23(29)18-17(15-11-7-5-8-12-15)19(22(26)28)21(25)27(16-13-9-6-10-14-16)20(18)24(30)32-4-2/h5-14,17H,3-4,25H2,1-2H3,(H2,26,28). The summed E-state index contributed by atoms with van der Waals surface area (Å²) in [6.45, 7) is 3.44. The second kappa shape index (κ2) is 9.82. The Morgan fingerprint density at radius 3 is 1.91 bits per heavy atom. The largest absolute Gasteiger partial charge is 0.463 e. The van der Waals surface area contributed by atoms with Crippen LogP contribution in [0.15, 0.2) is 83.3 Å².